The molecule has 0 heteroatoms. The minimum Gasteiger partial charge on any atom is -0.0625 e. The van der Waals surface area contributed by atoms with Crippen molar-refractivity contribution < 1.29 is 0 Å². The molecule has 160 valence electrons. The van der Waals surface area contributed by atoms with E-state index in [1.165, 1.54) is 32.1 Å². The highest BCUT2D eigenvalue weighted by Gasteiger charge is 2.67. The fraction of sp³-hybridized carbons (Fsp3) is 1.00. The van der Waals surface area contributed by atoms with Crippen LogP contribution in [-0.2, 0) is 0 Å². The van der Waals surface area contributed by atoms with Crippen LogP contribution < -0.4 is 0 Å². The highest BCUT2D eigenvalue weighted by Crippen LogP contribution is 2.74. The summed E-state index contributed by atoms with van der Waals surface area (Å²) in [6.07, 6.45) is 16.9. The Kier molecular flexibility index (Phi) is 4.63. The van der Waals surface area contributed by atoms with Crippen molar-refractivity contribution in [3.63, 3.8) is 0 Å². The van der Waals surface area contributed by atoms with Crippen LogP contribution >= 0.6 is 0 Å². The van der Waals surface area contributed by atoms with Crippen LogP contribution in [0.3, 0.4) is 0 Å². The van der Waals surface area contributed by atoms with Crippen molar-refractivity contribution >= 4 is 0 Å². The number of rotatable bonds is 1. The van der Waals surface area contributed by atoms with E-state index in [4.69, 9.17) is 0 Å². The first-order valence-corrected chi connectivity index (χ1v) is 13.2. The Labute approximate surface area is 176 Å². The third kappa shape index (κ3) is 2.42. The SMILES string of the molecule is CC(C)C1CCC2C1CCC1(C)C2CCC2C3(C)CCCC(C)C3CCC21C. The molecule has 10 unspecified atom stereocenters. The molecular weight excluding hydrogens is 336 g/mol. The van der Waals surface area contributed by atoms with E-state index in [2.05, 4.69) is 41.5 Å². The third-order valence-electron chi connectivity index (χ3n) is 12.6. The minimum atomic E-state index is 0.610. The summed E-state index contributed by atoms with van der Waals surface area (Å²) in [6.45, 7) is 16.0. The zero-order valence-electron chi connectivity index (χ0n) is 19.9. The summed E-state index contributed by atoms with van der Waals surface area (Å²) in [5.74, 6) is 8.12. The van der Waals surface area contributed by atoms with Gasteiger partial charge in [0.25, 0.3) is 0 Å². The van der Waals surface area contributed by atoms with Crippen molar-refractivity contribution in [2.75, 3.05) is 0 Å². The van der Waals surface area contributed by atoms with Gasteiger partial charge >= 0.3 is 0 Å². The Hall–Kier alpha value is 0. The second-order valence-corrected chi connectivity index (χ2v) is 13.4. The predicted molar refractivity (Wildman–Crippen MR) is 120 cm³/mol. The summed E-state index contributed by atoms with van der Waals surface area (Å²) in [5.41, 5.74) is 1.88. The van der Waals surface area contributed by atoms with E-state index in [-0.39, 0.29) is 0 Å². The normalized spacial score (nSPS) is 58.6. The molecule has 0 spiro atoms. The van der Waals surface area contributed by atoms with Gasteiger partial charge in [-0.15, -0.1) is 0 Å². The largest absolute Gasteiger partial charge is 0.0625 e. The van der Waals surface area contributed by atoms with Crippen molar-refractivity contribution in [2.24, 2.45) is 63.6 Å². The maximum Gasteiger partial charge on any atom is -0.0235 e. The Morgan fingerprint density at radius 2 is 1.43 bits per heavy atom. The highest BCUT2D eigenvalue weighted by atomic mass is 14.7. The number of fused-ring (bicyclic) bond motifs is 7. The molecule has 5 fully saturated rings. The molecule has 10 atom stereocenters. The highest BCUT2D eigenvalue weighted by molar-refractivity contribution is 5.15. The van der Waals surface area contributed by atoms with Crippen molar-refractivity contribution in [1.82, 2.24) is 0 Å². The summed E-state index contributed by atoms with van der Waals surface area (Å²) >= 11 is 0. The molecule has 0 aromatic heterocycles. The van der Waals surface area contributed by atoms with Gasteiger partial charge in [-0.25, -0.2) is 0 Å². The van der Waals surface area contributed by atoms with Crippen molar-refractivity contribution in [1.29, 1.82) is 0 Å². The zero-order chi connectivity index (χ0) is 19.9. The van der Waals surface area contributed by atoms with Crippen LogP contribution in [0.25, 0.3) is 0 Å². The van der Waals surface area contributed by atoms with E-state index in [0.717, 1.165) is 47.3 Å². The molecule has 5 aliphatic carbocycles. The summed E-state index contributed by atoms with van der Waals surface area (Å²) in [7, 11) is 0. The Morgan fingerprint density at radius 1 is 0.679 bits per heavy atom. The average Bonchev–Trinajstić information content (AvgIpc) is 3.06. The van der Waals surface area contributed by atoms with Crippen LogP contribution in [0, 0.1) is 63.6 Å². The monoisotopic (exact) mass is 384 g/mol. The fourth-order valence-electron chi connectivity index (χ4n) is 11.2. The molecule has 0 amide bonds. The maximum atomic E-state index is 2.81. The van der Waals surface area contributed by atoms with Crippen LogP contribution in [0.15, 0.2) is 0 Å². The number of hydrogen-bond acceptors (Lipinski definition) is 0. The van der Waals surface area contributed by atoms with E-state index in [9.17, 15) is 0 Å². The molecule has 0 saturated heterocycles. The minimum absolute atomic E-state index is 0.610. The van der Waals surface area contributed by atoms with Gasteiger partial charge in [-0.1, -0.05) is 54.4 Å². The van der Waals surface area contributed by atoms with Gasteiger partial charge in [0.05, 0.1) is 0 Å². The molecule has 0 nitrogen and oxygen atoms in total. The summed E-state index contributed by atoms with van der Waals surface area (Å²) in [6, 6.07) is 0. The van der Waals surface area contributed by atoms with Crippen LogP contribution in [-0.4, -0.2) is 0 Å². The average molecular weight is 385 g/mol. The lowest BCUT2D eigenvalue weighted by Gasteiger charge is -2.70. The molecule has 0 aromatic carbocycles. The zero-order valence-corrected chi connectivity index (χ0v) is 19.9. The lowest BCUT2D eigenvalue weighted by molar-refractivity contribution is -0.218. The quantitative estimate of drug-likeness (QED) is 0.426. The molecule has 5 rings (SSSR count). The second-order valence-electron chi connectivity index (χ2n) is 13.4. The van der Waals surface area contributed by atoms with Gasteiger partial charge in [0.1, 0.15) is 0 Å². The van der Waals surface area contributed by atoms with E-state index in [0.29, 0.717) is 16.2 Å². The third-order valence-corrected chi connectivity index (χ3v) is 12.6. The van der Waals surface area contributed by atoms with E-state index < -0.39 is 0 Å². The van der Waals surface area contributed by atoms with E-state index in [1.54, 1.807) is 38.5 Å². The summed E-state index contributed by atoms with van der Waals surface area (Å²) in [4.78, 5) is 0. The molecular formula is C28H48. The van der Waals surface area contributed by atoms with Crippen molar-refractivity contribution in [3.05, 3.63) is 0 Å². The summed E-state index contributed by atoms with van der Waals surface area (Å²) < 4.78 is 0. The molecule has 5 saturated carbocycles. The van der Waals surface area contributed by atoms with Gasteiger partial charge in [0.15, 0.2) is 0 Å². The standard InChI is InChI=1S/C28H48/c1-18(2)20-9-10-22-21(20)13-16-27(5)24(22)11-12-25-26(4)15-7-8-19(3)23(26)14-17-28(25,27)6/h18-25H,7-17H2,1-6H3. The molecule has 0 radical (unpaired) electrons. The first kappa shape index (κ1) is 19.9. The molecule has 0 heterocycles. The second kappa shape index (κ2) is 6.50. The summed E-state index contributed by atoms with van der Waals surface area (Å²) in [5, 5.41) is 0. The molecule has 28 heavy (non-hydrogen) atoms. The first-order valence-electron chi connectivity index (χ1n) is 13.2. The van der Waals surface area contributed by atoms with Gasteiger partial charge in [-0.05, 0) is 121 Å². The van der Waals surface area contributed by atoms with Gasteiger partial charge in [0, 0.05) is 0 Å². The van der Waals surface area contributed by atoms with E-state index >= 15 is 0 Å². The number of hydrogen-bond donors (Lipinski definition) is 0. The molecule has 0 bridgehead atoms. The Balaban J connectivity index is 1.48. The van der Waals surface area contributed by atoms with Gasteiger partial charge in [0.2, 0.25) is 0 Å². The van der Waals surface area contributed by atoms with Crippen LogP contribution in [0.2, 0.25) is 0 Å². The lowest BCUT2D eigenvalue weighted by atomic mass is 9.34. The van der Waals surface area contributed by atoms with Gasteiger partial charge < -0.3 is 0 Å². The van der Waals surface area contributed by atoms with E-state index in [1.807, 2.05) is 0 Å². The topological polar surface area (TPSA) is 0 Å². The molecule has 0 N–H and O–H groups in total. The molecule has 0 aliphatic heterocycles. The Morgan fingerprint density at radius 3 is 2.18 bits per heavy atom. The molecule has 5 aliphatic rings. The van der Waals surface area contributed by atoms with Crippen molar-refractivity contribution in [3.8, 4) is 0 Å². The van der Waals surface area contributed by atoms with Crippen LogP contribution in [0.4, 0.5) is 0 Å². The lowest BCUT2D eigenvalue weighted by Crippen LogP contribution is -2.63. The smallest absolute Gasteiger partial charge is 0.0235 e. The first-order chi connectivity index (χ1) is 13.2. The van der Waals surface area contributed by atoms with Crippen LogP contribution in [0.1, 0.15) is 112 Å². The van der Waals surface area contributed by atoms with Crippen LogP contribution in [0.5, 0.6) is 0 Å². The van der Waals surface area contributed by atoms with Gasteiger partial charge in [-0.2, -0.15) is 0 Å². The molecule has 0 aromatic rings. The maximum absolute atomic E-state index is 2.81. The Bertz CT molecular complexity index is 605. The fourth-order valence-corrected chi connectivity index (χ4v) is 11.2. The van der Waals surface area contributed by atoms with Gasteiger partial charge in [-0.3, -0.25) is 0 Å². The predicted octanol–water partition coefficient (Wildman–Crippen LogP) is 8.35. The van der Waals surface area contributed by atoms with Crippen molar-refractivity contribution in [2.45, 2.75) is 112 Å².